The van der Waals surface area contributed by atoms with Crippen molar-refractivity contribution in [2.45, 2.75) is 26.9 Å². The molecule has 0 aliphatic heterocycles. The highest BCUT2D eigenvalue weighted by Gasteiger charge is 2.18. The fraction of sp³-hybridized carbons (Fsp3) is 0.417. The number of aryl methyl sites for hydroxylation is 1. The quantitative estimate of drug-likeness (QED) is 0.827. The molecule has 1 aromatic heterocycles. The lowest BCUT2D eigenvalue weighted by molar-refractivity contribution is -0.150. The molecule has 1 rings (SSSR count). The first kappa shape index (κ1) is 14.7. The zero-order valence-corrected chi connectivity index (χ0v) is 10.8. The number of carbonyl (C=O) groups excluding carboxylic acids is 1. The van der Waals surface area contributed by atoms with Gasteiger partial charge in [-0.2, -0.15) is 5.26 Å². The van der Waals surface area contributed by atoms with Crippen molar-refractivity contribution in [2.75, 3.05) is 11.9 Å². The van der Waals surface area contributed by atoms with E-state index in [9.17, 15) is 9.59 Å². The highest BCUT2D eigenvalue weighted by atomic mass is 16.5. The summed E-state index contributed by atoms with van der Waals surface area (Å²) >= 11 is 0. The predicted molar refractivity (Wildman–Crippen MR) is 64.6 cm³/mol. The summed E-state index contributed by atoms with van der Waals surface area (Å²) in [5.74, 6) is -1.16. The normalized spacial score (nSPS) is 11.7. The molecule has 7 nitrogen and oxygen atoms in total. The van der Waals surface area contributed by atoms with Crippen LogP contribution in [-0.2, 0) is 14.3 Å². The number of nitriles is 1. The van der Waals surface area contributed by atoms with Gasteiger partial charge in [0, 0.05) is 5.56 Å². The van der Waals surface area contributed by atoms with Crippen molar-refractivity contribution in [3.05, 3.63) is 16.9 Å². The number of furan rings is 1. The first-order valence-electron chi connectivity index (χ1n) is 5.51. The Morgan fingerprint density at radius 1 is 1.53 bits per heavy atom. The standard InChI is InChI=1S/C12H14N2O5/c1-6-7(2)19-11(9(6)4-13)14-10(15)5-18-8(3)12(16)17/h8H,5H2,1-3H3,(H,14,15)(H,16,17)/t8-/m1/s1. The number of anilines is 1. The number of rotatable bonds is 5. The predicted octanol–water partition coefficient (Wildman–Crippen LogP) is 1.20. The van der Waals surface area contributed by atoms with Crippen LogP contribution in [0.25, 0.3) is 0 Å². The maximum atomic E-state index is 11.5. The Bertz CT molecular complexity index is 541. The first-order valence-corrected chi connectivity index (χ1v) is 5.51. The topological polar surface area (TPSA) is 113 Å². The summed E-state index contributed by atoms with van der Waals surface area (Å²) in [5, 5.41) is 19.9. The van der Waals surface area contributed by atoms with E-state index in [1.165, 1.54) is 6.92 Å². The van der Waals surface area contributed by atoms with E-state index in [0.717, 1.165) is 0 Å². The number of carboxylic acid groups (broad SMARTS) is 1. The van der Waals surface area contributed by atoms with Crippen LogP contribution < -0.4 is 5.32 Å². The molecule has 1 aromatic rings. The van der Waals surface area contributed by atoms with Crippen LogP contribution >= 0.6 is 0 Å². The van der Waals surface area contributed by atoms with Gasteiger partial charge in [0.05, 0.1) is 0 Å². The van der Waals surface area contributed by atoms with Crippen molar-refractivity contribution >= 4 is 17.8 Å². The fourth-order valence-corrected chi connectivity index (χ4v) is 1.28. The molecule has 1 atom stereocenters. The number of hydrogen-bond donors (Lipinski definition) is 2. The van der Waals surface area contributed by atoms with Gasteiger partial charge in [0.25, 0.3) is 5.91 Å². The maximum absolute atomic E-state index is 11.5. The molecule has 7 heteroatoms. The molecule has 0 aliphatic rings. The number of nitrogens with zero attached hydrogens (tertiary/aromatic N) is 1. The molecule has 102 valence electrons. The van der Waals surface area contributed by atoms with E-state index in [4.69, 9.17) is 19.5 Å². The second kappa shape index (κ2) is 6.02. The highest BCUT2D eigenvalue weighted by Crippen LogP contribution is 2.25. The fourth-order valence-electron chi connectivity index (χ4n) is 1.28. The third-order valence-electron chi connectivity index (χ3n) is 2.56. The van der Waals surface area contributed by atoms with Crippen LogP contribution in [-0.4, -0.2) is 29.7 Å². The Hall–Kier alpha value is -2.33. The number of nitrogens with one attached hydrogen (secondary N) is 1. The van der Waals surface area contributed by atoms with E-state index >= 15 is 0 Å². The molecule has 0 unspecified atom stereocenters. The van der Waals surface area contributed by atoms with Gasteiger partial charge >= 0.3 is 5.97 Å². The molecule has 0 saturated heterocycles. The summed E-state index contributed by atoms with van der Waals surface area (Å²) in [5.41, 5.74) is 0.898. The van der Waals surface area contributed by atoms with Crippen molar-refractivity contribution < 1.29 is 23.8 Å². The third kappa shape index (κ3) is 3.56. The monoisotopic (exact) mass is 266 g/mol. The van der Waals surface area contributed by atoms with Crippen LogP contribution in [0.2, 0.25) is 0 Å². The van der Waals surface area contributed by atoms with Crippen molar-refractivity contribution in [3.8, 4) is 6.07 Å². The number of carboxylic acids is 1. The molecule has 0 radical (unpaired) electrons. The lowest BCUT2D eigenvalue weighted by atomic mass is 10.2. The molecule has 0 saturated carbocycles. The molecule has 1 heterocycles. The van der Waals surface area contributed by atoms with Crippen LogP contribution in [0.4, 0.5) is 5.88 Å². The molecule has 0 fully saturated rings. The summed E-state index contributed by atoms with van der Waals surface area (Å²) in [6.07, 6.45) is -1.08. The van der Waals surface area contributed by atoms with E-state index in [-0.39, 0.29) is 11.4 Å². The average molecular weight is 266 g/mol. The zero-order valence-electron chi connectivity index (χ0n) is 10.8. The van der Waals surface area contributed by atoms with Gasteiger partial charge in [-0.25, -0.2) is 4.79 Å². The number of ether oxygens (including phenoxy) is 1. The van der Waals surface area contributed by atoms with E-state index in [0.29, 0.717) is 11.3 Å². The molecule has 0 spiro atoms. The minimum absolute atomic E-state index is 0.0501. The Morgan fingerprint density at radius 3 is 2.68 bits per heavy atom. The van der Waals surface area contributed by atoms with Gasteiger partial charge in [0.1, 0.15) is 24.0 Å². The van der Waals surface area contributed by atoms with Crippen molar-refractivity contribution in [3.63, 3.8) is 0 Å². The molecule has 0 aliphatic carbocycles. The van der Waals surface area contributed by atoms with Gasteiger partial charge in [-0.15, -0.1) is 0 Å². The average Bonchev–Trinajstić information content (AvgIpc) is 2.61. The summed E-state index contributed by atoms with van der Waals surface area (Å²) in [7, 11) is 0. The van der Waals surface area contributed by atoms with Gasteiger partial charge in [0.15, 0.2) is 6.10 Å². The summed E-state index contributed by atoms with van der Waals surface area (Å²) in [4.78, 5) is 22.0. The van der Waals surface area contributed by atoms with E-state index in [1.54, 1.807) is 13.8 Å². The molecular formula is C12H14N2O5. The van der Waals surface area contributed by atoms with Crippen LogP contribution in [0.5, 0.6) is 0 Å². The van der Waals surface area contributed by atoms with E-state index < -0.39 is 24.6 Å². The maximum Gasteiger partial charge on any atom is 0.332 e. The third-order valence-corrected chi connectivity index (χ3v) is 2.56. The van der Waals surface area contributed by atoms with Gasteiger partial charge in [0.2, 0.25) is 5.88 Å². The summed E-state index contributed by atoms with van der Waals surface area (Å²) in [6.45, 7) is 4.26. The summed E-state index contributed by atoms with van der Waals surface area (Å²) in [6, 6.07) is 1.93. The number of hydrogen-bond acceptors (Lipinski definition) is 5. The van der Waals surface area contributed by atoms with Crippen LogP contribution in [0, 0.1) is 25.2 Å². The lowest BCUT2D eigenvalue weighted by Crippen LogP contribution is -2.26. The van der Waals surface area contributed by atoms with Crippen molar-refractivity contribution in [1.82, 2.24) is 0 Å². The highest BCUT2D eigenvalue weighted by molar-refractivity contribution is 5.92. The Balaban J connectivity index is 2.66. The lowest BCUT2D eigenvalue weighted by Gasteiger charge is -2.07. The molecule has 0 bridgehead atoms. The smallest absolute Gasteiger partial charge is 0.332 e. The van der Waals surface area contributed by atoms with Crippen molar-refractivity contribution in [1.29, 1.82) is 5.26 Å². The summed E-state index contributed by atoms with van der Waals surface area (Å²) < 4.78 is 10.0. The van der Waals surface area contributed by atoms with E-state index in [1.807, 2.05) is 6.07 Å². The van der Waals surface area contributed by atoms with Crippen LogP contribution in [0.15, 0.2) is 4.42 Å². The van der Waals surface area contributed by atoms with Crippen LogP contribution in [0.1, 0.15) is 23.8 Å². The second-order valence-corrected chi connectivity index (χ2v) is 3.94. The zero-order chi connectivity index (χ0) is 14.6. The number of carbonyl (C=O) groups is 2. The Labute approximate surface area is 109 Å². The molecule has 19 heavy (non-hydrogen) atoms. The minimum Gasteiger partial charge on any atom is -0.479 e. The molecule has 0 aromatic carbocycles. The van der Waals surface area contributed by atoms with Gasteiger partial charge in [-0.1, -0.05) is 0 Å². The Morgan fingerprint density at radius 2 is 2.16 bits per heavy atom. The first-order chi connectivity index (χ1) is 8.86. The van der Waals surface area contributed by atoms with Crippen LogP contribution in [0.3, 0.4) is 0 Å². The second-order valence-electron chi connectivity index (χ2n) is 3.94. The van der Waals surface area contributed by atoms with Gasteiger partial charge in [-0.3, -0.25) is 10.1 Å². The van der Waals surface area contributed by atoms with Gasteiger partial charge < -0.3 is 14.3 Å². The number of amides is 1. The Kier molecular flexibility index (Phi) is 4.67. The molecule has 1 amide bonds. The molecule has 2 N–H and O–H groups in total. The van der Waals surface area contributed by atoms with Gasteiger partial charge in [-0.05, 0) is 20.8 Å². The largest absolute Gasteiger partial charge is 0.479 e. The SMILES string of the molecule is Cc1oc(NC(=O)CO[C@H](C)C(=O)O)c(C#N)c1C. The minimum atomic E-state index is -1.16. The van der Waals surface area contributed by atoms with E-state index in [2.05, 4.69) is 5.32 Å². The number of aliphatic carboxylic acids is 1. The van der Waals surface area contributed by atoms with Crippen molar-refractivity contribution in [2.24, 2.45) is 0 Å². The molecular weight excluding hydrogens is 252 g/mol.